The third kappa shape index (κ3) is 3.43. The molecule has 20 heavy (non-hydrogen) atoms. The summed E-state index contributed by atoms with van der Waals surface area (Å²) in [6, 6.07) is 5.10. The Morgan fingerprint density at radius 3 is 2.60 bits per heavy atom. The maximum Gasteiger partial charge on any atom is 0.242 e. The van der Waals surface area contributed by atoms with Crippen molar-refractivity contribution in [2.75, 3.05) is 25.1 Å². The quantitative estimate of drug-likeness (QED) is 0.789. The Bertz CT molecular complexity index is 580. The molecule has 2 rings (SSSR count). The Kier molecular flexibility index (Phi) is 4.25. The summed E-state index contributed by atoms with van der Waals surface area (Å²) in [6.45, 7) is 2.10. The molecule has 6 heteroatoms. The van der Waals surface area contributed by atoms with Gasteiger partial charge in [-0.3, -0.25) is 0 Å². The van der Waals surface area contributed by atoms with Gasteiger partial charge < -0.3 is 11.1 Å². The van der Waals surface area contributed by atoms with Crippen molar-refractivity contribution in [3.63, 3.8) is 0 Å². The summed E-state index contributed by atoms with van der Waals surface area (Å²) in [5.74, 6) is 0.812. The first-order valence-electron chi connectivity index (χ1n) is 6.89. The van der Waals surface area contributed by atoms with Crippen LogP contribution in [0.25, 0.3) is 0 Å². The first-order valence-corrected chi connectivity index (χ1v) is 8.33. The second kappa shape index (κ2) is 5.61. The number of nitrogen functional groups attached to an aromatic ring is 1. The van der Waals surface area contributed by atoms with Gasteiger partial charge in [0.15, 0.2) is 0 Å². The van der Waals surface area contributed by atoms with Crippen molar-refractivity contribution < 1.29 is 8.42 Å². The van der Waals surface area contributed by atoms with E-state index in [1.165, 1.54) is 31.2 Å². The predicted octanol–water partition coefficient (Wildman–Crippen LogP) is 2.12. The van der Waals surface area contributed by atoms with Crippen molar-refractivity contribution in [3.05, 3.63) is 18.2 Å². The fourth-order valence-corrected chi connectivity index (χ4v) is 3.14. The summed E-state index contributed by atoms with van der Waals surface area (Å²) < 4.78 is 25.5. The Morgan fingerprint density at radius 2 is 2.05 bits per heavy atom. The molecule has 0 aromatic heterocycles. The number of nitrogens with one attached hydrogen (secondary N) is 1. The molecule has 1 aliphatic carbocycles. The highest BCUT2D eigenvalue weighted by atomic mass is 32.2. The highest BCUT2D eigenvalue weighted by Crippen LogP contribution is 2.34. The molecule has 0 spiro atoms. The Balaban J connectivity index is 2.20. The van der Waals surface area contributed by atoms with Gasteiger partial charge in [0, 0.05) is 20.1 Å². The van der Waals surface area contributed by atoms with E-state index in [2.05, 4.69) is 12.2 Å². The summed E-state index contributed by atoms with van der Waals surface area (Å²) >= 11 is 0. The number of anilines is 2. The van der Waals surface area contributed by atoms with Gasteiger partial charge in [0.2, 0.25) is 10.0 Å². The minimum absolute atomic E-state index is 0.262. The van der Waals surface area contributed by atoms with Crippen LogP contribution in [0.3, 0.4) is 0 Å². The number of hydrogen-bond donors (Lipinski definition) is 2. The molecule has 1 atom stereocenters. The fraction of sp³-hybridized carbons (Fsp3) is 0.571. The third-order valence-electron chi connectivity index (χ3n) is 3.59. The van der Waals surface area contributed by atoms with Crippen molar-refractivity contribution >= 4 is 21.4 Å². The van der Waals surface area contributed by atoms with E-state index >= 15 is 0 Å². The van der Waals surface area contributed by atoms with Crippen LogP contribution in [0.4, 0.5) is 11.4 Å². The predicted molar refractivity (Wildman–Crippen MR) is 82.2 cm³/mol. The van der Waals surface area contributed by atoms with Crippen molar-refractivity contribution in [2.45, 2.75) is 37.1 Å². The molecule has 1 aromatic rings. The maximum absolute atomic E-state index is 12.1. The smallest absolute Gasteiger partial charge is 0.242 e. The van der Waals surface area contributed by atoms with Crippen molar-refractivity contribution in [1.82, 2.24) is 4.31 Å². The second-order valence-corrected chi connectivity index (χ2v) is 7.91. The van der Waals surface area contributed by atoms with Crippen LogP contribution in [-0.2, 0) is 10.0 Å². The van der Waals surface area contributed by atoms with Crippen LogP contribution < -0.4 is 11.1 Å². The summed E-state index contributed by atoms with van der Waals surface area (Å²) in [4.78, 5) is 0.262. The topological polar surface area (TPSA) is 75.4 Å². The van der Waals surface area contributed by atoms with Gasteiger partial charge in [0.25, 0.3) is 0 Å². The molecule has 1 aliphatic rings. The lowest BCUT2D eigenvalue weighted by Gasteiger charge is -2.18. The molecule has 1 saturated carbocycles. The molecule has 0 heterocycles. The largest absolute Gasteiger partial charge is 0.397 e. The van der Waals surface area contributed by atoms with Crippen LogP contribution in [0.5, 0.6) is 0 Å². The highest BCUT2D eigenvalue weighted by molar-refractivity contribution is 7.89. The molecule has 1 fully saturated rings. The standard InChI is InChI=1S/C14H23N3O2S/c1-10(8-11-4-5-11)16-14-9-12(6-7-13(14)15)20(18,19)17(2)3/h6-7,9-11,16H,4-5,8,15H2,1-3H3. The van der Waals surface area contributed by atoms with Crippen LogP contribution >= 0.6 is 0 Å². The number of hydrogen-bond acceptors (Lipinski definition) is 4. The van der Waals surface area contributed by atoms with Crippen LogP contribution in [0.1, 0.15) is 26.2 Å². The zero-order chi connectivity index (χ0) is 14.9. The van der Waals surface area contributed by atoms with E-state index in [4.69, 9.17) is 5.73 Å². The molecule has 0 bridgehead atoms. The molecular weight excluding hydrogens is 274 g/mol. The molecular formula is C14H23N3O2S. The lowest BCUT2D eigenvalue weighted by Crippen LogP contribution is -2.23. The Morgan fingerprint density at radius 1 is 1.40 bits per heavy atom. The number of rotatable bonds is 6. The van der Waals surface area contributed by atoms with Gasteiger partial charge in [0.05, 0.1) is 16.3 Å². The minimum atomic E-state index is -3.42. The Labute approximate surface area is 121 Å². The van der Waals surface area contributed by atoms with Gasteiger partial charge in [-0.25, -0.2) is 12.7 Å². The normalized spacial score (nSPS) is 17.2. The SMILES string of the molecule is CC(CC1CC1)Nc1cc(S(=O)(=O)N(C)C)ccc1N. The van der Waals surface area contributed by atoms with E-state index in [0.29, 0.717) is 17.4 Å². The van der Waals surface area contributed by atoms with E-state index in [0.717, 1.165) is 12.3 Å². The van der Waals surface area contributed by atoms with Gasteiger partial charge >= 0.3 is 0 Å². The fourth-order valence-electron chi connectivity index (χ4n) is 2.21. The van der Waals surface area contributed by atoms with Gasteiger partial charge in [0.1, 0.15) is 0 Å². The van der Waals surface area contributed by atoms with E-state index in [9.17, 15) is 8.42 Å². The number of nitrogens with two attached hydrogens (primary N) is 1. The highest BCUT2D eigenvalue weighted by Gasteiger charge is 2.24. The molecule has 1 unspecified atom stereocenters. The van der Waals surface area contributed by atoms with Crippen LogP contribution in [0, 0.1) is 5.92 Å². The number of sulfonamides is 1. The summed E-state index contributed by atoms with van der Waals surface area (Å²) in [5, 5.41) is 3.32. The first-order chi connectivity index (χ1) is 9.30. The van der Waals surface area contributed by atoms with Gasteiger partial charge in [-0.2, -0.15) is 0 Å². The number of benzene rings is 1. The van der Waals surface area contributed by atoms with Gasteiger partial charge in [-0.1, -0.05) is 12.8 Å². The molecule has 1 aromatic carbocycles. The zero-order valence-electron chi connectivity index (χ0n) is 12.3. The average Bonchev–Trinajstić information content (AvgIpc) is 3.15. The molecule has 0 aliphatic heterocycles. The first kappa shape index (κ1) is 15.1. The van der Waals surface area contributed by atoms with Crippen LogP contribution in [-0.4, -0.2) is 32.9 Å². The average molecular weight is 297 g/mol. The number of nitrogens with zero attached hydrogens (tertiary/aromatic N) is 1. The summed E-state index contributed by atoms with van der Waals surface area (Å²) in [5.41, 5.74) is 7.20. The van der Waals surface area contributed by atoms with E-state index in [-0.39, 0.29) is 4.90 Å². The van der Waals surface area contributed by atoms with Crippen molar-refractivity contribution in [2.24, 2.45) is 5.92 Å². The summed E-state index contributed by atoms with van der Waals surface area (Å²) in [6.07, 6.45) is 3.71. The molecule has 3 N–H and O–H groups in total. The van der Waals surface area contributed by atoms with Crippen LogP contribution in [0.15, 0.2) is 23.1 Å². The Hall–Kier alpha value is -1.27. The van der Waals surface area contributed by atoms with Crippen molar-refractivity contribution in [1.29, 1.82) is 0 Å². The van der Waals surface area contributed by atoms with E-state index in [1.807, 2.05) is 0 Å². The third-order valence-corrected chi connectivity index (χ3v) is 5.40. The van der Waals surface area contributed by atoms with Gasteiger partial charge in [-0.05, 0) is 37.5 Å². The maximum atomic E-state index is 12.1. The molecule has 0 radical (unpaired) electrons. The van der Waals surface area contributed by atoms with Crippen molar-refractivity contribution in [3.8, 4) is 0 Å². The molecule has 5 nitrogen and oxygen atoms in total. The van der Waals surface area contributed by atoms with E-state index in [1.54, 1.807) is 18.2 Å². The van der Waals surface area contributed by atoms with Crippen LogP contribution in [0.2, 0.25) is 0 Å². The van der Waals surface area contributed by atoms with Gasteiger partial charge in [-0.15, -0.1) is 0 Å². The van der Waals surface area contributed by atoms with E-state index < -0.39 is 10.0 Å². The summed E-state index contributed by atoms with van der Waals surface area (Å²) in [7, 11) is -0.380. The zero-order valence-corrected chi connectivity index (χ0v) is 13.1. The minimum Gasteiger partial charge on any atom is -0.397 e. The lowest BCUT2D eigenvalue weighted by atomic mass is 10.1. The second-order valence-electron chi connectivity index (χ2n) is 5.76. The lowest BCUT2D eigenvalue weighted by molar-refractivity contribution is 0.521. The monoisotopic (exact) mass is 297 g/mol. The molecule has 0 amide bonds. The molecule has 0 saturated heterocycles. The molecule has 112 valence electrons.